The molecule has 370 valence electrons. The number of esters is 3. The number of hydrogen-bond acceptors (Lipinski definition) is 6. The molecule has 63 heavy (non-hydrogen) atoms. The van der Waals surface area contributed by atoms with Crippen molar-refractivity contribution in [2.45, 2.75) is 309 Å². The zero-order valence-corrected chi connectivity index (χ0v) is 42.4. The van der Waals surface area contributed by atoms with Crippen LogP contribution in [0.15, 0.2) is 24.3 Å². The molecule has 1 unspecified atom stereocenters. The van der Waals surface area contributed by atoms with E-state index in [4.69, 9.17) is 14.2 Å². The number of unbranched alkanes of at least 4 members (excludes halogenated alkanes) is 36. The van der Waals surface area contributed by atoms with Crippen molar-refractivity contribution in [3.8, 4) is 0 Å². The summed E-state index contributed by atoms with van der Waals surface area (Å²) in [5.74, 6) is -0.870. The number of rotatable bonds is 51. The molecule has 0 N–H and O–H groups in total. The van der Waals surface area contributed by atoms with Crippen LogP contribution in [0.5, 0.6) is 0 Å². The number of ether oxygens (including phenoxy) is 3. The lowest BCUT2D eigenvalue weighted by Crippen LogP contribution is -2.30. The van der Waals surface area contributed by atoms with Gasteiger partial charge in [-0.15, -0.1) is 0 Å². The second-order valence-electron chi connectivity index (χ2n) is 18.8. The third-order valence-corrected chi connectivity index (χ3v) is 12.4. The standard InChI is InChI=1S/C57H106O6/c1-4-7-10-13-16-19-22-24-26-28-29-31-32-35-38-41-44-47-50-56(59)62-53-54(52-61-55(58)49-46-43-40-37-34-21-18-15-12-9-6-3)63-57(60)51-48-45-42-39-36-33-30-27-25-23-20-17-14-11-8-5-2/h26-28,30,54H,4-25,29,31-53H2,1-3H3/b28-26-,30-27-. The van der Waals surface area contributed by atoms with E-state index in [0.29, 0.717) is 19.3 Å². The Morgan fingerprint density at radius 3 is 0.794 bits per heavy atom. The van der Waals surface area contributed by atoms with Gasteiger partial charge in [-0.3, -0.25) is 14.4 Å². The molecule has 0 radical (unpaired) electrons. The van der Waals surface area contributed by atoms with Gasteiger partial charge in [0.15, 0.2) is 6.10 Å². The quantitative estimate of drug-likeness (QED) is 0.0262. The Hall–Kier alpha value is -2.11. The molecule has 1 atom stereocenters. The van der Waals surface area contributed by atoms with Gasteiger partial charge in [0, 0.05) is 19.3 Å². The molecule has 0 aliphatic carbocycles. The minimum Gasteiger partial charge on any atom is -0.462 e. The summed E-state index contributed by atoms with van der Waals surface area (Å²) in [6.07, 6.45) is 60.2. The second-order valence-corrected chi connectivity index (χ2v) is 18.8. The van der Waals surface area contributed by atoms with Crippen LogP contribution in [0.2, 0.25) is 0 Å². The highest BCUT2D eigenvalue weighted by Gasteiger charge is 2.19. The van der Waals surface area contributed by atoms with E-state index in [9.17, 15) is 14.4 Å². The first kappa shape index (κ1) is 60.9. The number of allylic oxidation sites excluding steroid dienone is 4. The smallest absolute Gasteiger partial charge is 0.306 e. The van der Waals surface area contributed by atoms with Gasteiger partial charge < -0.3 is 14.2 Å². The van der Waals surface area contributed by atoms with Crippen LogP contribution in [0.1, 0.15) is 303 Å². The molecule has 0 heterocycles. The van der Waals surface area contributed by atoms with E-state index >= 15 is 0 Å². The first-order valence-electron chi connectivity index (χ1n) is 27.8. The highest BCUT2D eigenvalue weighted by Crippen LogP contribution is 2.16. The maximum Gasteiger partial charge on any atom is 0.306 e. The summed E-state index contributed by atoms with van der Waals surface area (Å²) in [7, 11) is 0. The lowest BCUT2D eigenvalue weighted by molar-refractivity contribution is -0.167. The Morgan fingerprint density at radius 2 is 0.524 bits per heavy atom. The summed E-state index contributed by atoms with van der Waals surface area (Å²) < 4.78 is 16.8. The van der Waals surface area contributed by atoms with E-state index < -0.39 is 6.10 Å². The molecule has 0 saturated carbocycles. The van der Waals surface area contributed by atoms with Crippen molar-refractivity contribution in [2.75, 3.05) is 13.2 Å². The second kappa shape index (κ2) is 52.5. The lowest BCUT2D eigenvalue weighted by Gasteiger charge is -2.18. The first-order valence-corrected chi connectivity index (χ1v) is 27.8. The van der Waals surface area contributed by atoms with Crippen molar-refractivity contribution < 1.29 is 28.6 Å². The predicted octanol–water partition coefficient (Wildman–Crippen LogP) is 18.3. The average molecular weight is 887 g/mol. The van der Waals surface area contributed by atoms with Gasteiger partial charge >= 0.3 is 17.9 Å². The van der Waals surface area contributed by atoms with E-state index in [1.807, 2.05) is 0 Å². The normalized spacial score (nSPS) is 12.1. The Kier molecular flexibility index (Phi) is 50.8. The molecule has 0 aromatic heterocycles. The number of carbonyl (C=O) groups excluding carboxylic acids is 3. The van der Waals surface area contributed by atoms with E-state index in [-0.39, 0.29) is 31.1 Å². The van der Waals surface area contributed by atoms with Crippen molar-refractivity contribution >= 4 is 17.9 Å². The van der Waals surface area contributed by atoms with E-state index in [2.05, 4.69) is 45.1 Å². The lowest BCUT2D eigenvalue weighted by atomic mass is 10.1. The summed E-state index contributed by atoms with van der Waals surface area (Å²) in [6, 6.07) is 0. The zero-order chi connectivity index (χ0) is 45.8. The van der Waals surface area contributed by atoms with Gasteiger partial charge in [-0.1, -0.05) is 238 Å². The van der Waals surface area contributed by atoms with Crippen molar-refractivity contribution in [3.63, 3.8) is 0 Å². The molecule has 0 fully saturated rings. The molecule has 0 bridgehead atoms. The van der Waals surface area contributed by atoms with Crippen LogP contribution < -0.4 is 0 Å². The molecular formula is C57H106O6. The fourth-order valence-electron chi connectivity index (χ4n) is 8.20. The largest absolute Gasteiger partial charge is 0.462 e. The van der Waals surface area contributed by atoms with E-state index in [1.54, 1.807) is 0 Å². The van der Waals surface area contributed by atoms with Crippen molar-refractivity contribution in [3.05, 3.63) is 24.3 Å². The molecule has 0 aromatic carbocycles. The van der Waals surface area contributed by atoms with Gasteiger partial charge in [-0.05, 0) is 70.6 Å². The summed E-state index contributed by atoms with van der Waals surface area (Å²) in [4.78, 5) is 38.0. The molecule has 0 rings (SSSR count). The summed E-state index contributed by atoms with van der Waals surface area (Å²) in [6.45, 7) is 6.65. The SMILES string of the molecule is CCCCCCCCC/C=C\CCCCCCCCCC(=O)OCC(COC(=O)CCCCCCCCCCCCC)OC(=O)CCCCCCC/C=C\CCCCCCCCC. The van der Waals surface area contributed by atoms with Crippen LogP contribution in [0.25, 0.3) is 0 Å². The van der Waals surface area contributed by atoms with Crippen LogP contribution in [-0.2, 0) is 28.6 Å². The molecule has 0 aliphatic heterocycles. The van der Waals surface area contributed by atoms with Gasteiger partial charge in [0.1, 0.15) is 13.2 Å². The van der Waals surface area contributed by atoms with Crippen LogP contribution in [0.4, 0.5) is 0 Å². The van der Waals surface area contributed by atoms with E-state index in [0.717, 1.165) is 64.2 Å². The Morgan fingerprint density at radius 1 is 0.302 bits per heavy atom. The van der Waals surface area contributed by atoms with E-state index in [1.165, 1.54) is 199 Å². The minimum atomic E-state index is -0.772. The third-order valence-electron chi connectivity index (χ3n) is 12.4. The number of hydrogen-bond donors (Lipinski definition) is 0. The third kappa shape index (κ3) is 50.7. The molecular weight excluding hydrogens is 781 g/mol. The van der Waals surface area contributed by atoms with Gasteiger partial charge in [-0.25, -0.2) is 0 Å². The molecule has 0 amide bonds. The van der Waals surface area contributed by atoms with Crippen LogP contribution in [0.3, 0.4) is 0 Å². The molecule has 6 nitrogen and oxygen atoms in total. The minimum absolute atomic E-state index is 0.0721. The summed E-state index contributed by atoms with van der Waals surface area (Å²) >= 11 is 0. The monoisotopic (exact) mass is 887 g/mol. The molecule has 6 heteroatoms. The highest BCUT2D eigenvalue weighted by atomic mass is 16.6. The molecule has 0 saturated heterocycles. The van der Waals surface area contributed by atoms with Gasteiger partial charge in [0.2, 0.25) is 0 Å². The maximum absolute atomic E-state index is 12.8. The van der Waals surface area contributed by atoms with Crippen molar-refractivity contribution in [1.82, 2.24) is 0 Å². The van der Waals surface area contributed by atoms with Gasteiger partial charge in [0.05, 0.1) is 0 Å². The Bertz CT molecular complexity index is 1020. The Balaban J connectivity index is 4.32. The van der Waals surface area contributed by atoms with Crippen molar-refractivity contribution in [1.29, 1.82) is 0 Å². The predicted molar refractivity (Wildman–Crippen MR) is 270 cm³/mol. The molecule has 0 aliphatic rings. The van der Waals surface area contributed by atoms with Gasteiger partial charge in [-0.2, -0.15) is 0 Å². The fraction of sp³-hybridized carbons (Fsp3) is 0.877. The number of carbonyl (C=O) groups is 3. The average Bonchev–Trinajstić information content (AvgIpc) is 3.28. The topological polar surface area (TPSA) is 78.9 Å². The zero-order valence-electron chi connectivity index (χ0n) is 42.4. The molecule has 0 spiro atoms. The Labute approximate surface area is 392 Å². The van der Waals surface area contributed by atoms with Crippen LogP contribution in [-0.4, -0.2) is 37.2 Å². The van der Waals surface area contributed by atoms with Crippen LogP contribution in [0, 0.1) is 0 Å². The molecule has 0 aromatic rings. The maximum atomic E-state index is 12.8. The fourth-order valence-corrected chi connectivity index (χ4v) is 8.20. The van der Waals surface area contributed by atoms with Crippen LogP contribution >= 0.6 is 0 Å². The summed E-state index contributed by atoms with van der Waals surface area (Å²) in [5, 5.41) is 0. The van der Waals surface area contributed by atoms with Crippen molar-refractivity contribution in [2.24, 2.45) is 0 Å². The highest BCUT2D eigenvalue weighted by molar-refractivity contribution is 5.71. The van der Waals surface area contributed by atoms with Gasteiger partial charge in [0.25, 0.3) is 0 Å². The first-order chi connectivity index (χ1) is 31.0. The summed E-state index contributed by atoms with van der Waals surface area (Å²) in [5.41, 5.74) is 0.